The van der Waals surface area contributed by atoms with E-state index >= 15 is 0 Å². The zero-order valence-corrected chi connectivity index (χ0v) is 8.29. The van der Waals surface area contributed by atoms with Gasteiger partial charge in [0.2, 0.25) is 0 Å². The monoisotopic (exact) mass is 207 g/mol. The minimum atomic E-state index is -3.40. The number of sulfonamides is 1. The molecule has 5 nitrogen and oxygen atoms in total. The number of rotatable bonds is 3. The Bertz CT molecular complexity index is 357. The highest BCUT2D eigenvalue weighted by Gasteiger charge is 2.17. The quantitative estimate of drug-likeness (QED) is 0.677. The van der Waals surface area contributed by atoms with Gasteiger partial charge in [0.25, 0.3) is 10.0 Å². The first-order chi connectivity index (χ1) is 5.58. The second-order valence-corrected chi connectivity index (χ2v) is 4.81. The molecule has 0 saturated heterocycles. The van der Waals surface area contributed by atoms with Crippen molar-refractivity contribution in [2.75, 3.05) is 7.05 Å². The van der Waals surface area contributed by atoms with E-state index in [-0.39, 0.29) is 4.21 Å². The zero-order chi connectivity index (χ0) is 9.19. The fourth-order valence-corrected chi connectivity index (χ4v) is 2.82. The van der Waals surface area contributed by atoms with Crippen LogP contribution < -0.4 is 10.3 Å². The van der Waals surface area contributed by atoms with Crippen LogP contribution in [0.1, 0.15) is 5.69 Å². The Labute approximate surface area is 74.9 Å². The molecule has 0 fully saturated rings. The first-order valence-corrected chi connectivity index (χ1v) is 5.53. The topological polar surface area (TPSA) is 71.1 Å². The molecule has 0 radical (unpaired) electrons. The number of thiazole rings is 1. The van der Waals surface area contributed by atoms with E-state index in [4.69, 9.17) is 0 Å². The van der Waals surface area contributed by atoms with Crippen molar-refractivity contribution >= 4 is 21.4 Å². The highest BCUT2D eigenvalue weighted by Crippen LogP contribution is 2.17. The van der Waals surface area contributed by atoms with E-state index in [9.17, 15) is 8.42 Å². The summed E-state index contributed by atoms with van der Waals surface area (Å²) in [4.78, 5) is 5.99. The number of hydrogen-bond donors (Lipinski definition) is 2. The number of hydrazine groups is 1. The predicted octanol–water partition coefficient (Wildman–Crippen LogP) is -0.136. The van der Waals surface area contributed by atoms with Gasteiger partial charge < -0.3 is 0 Å². The third-order valence-corrected chi connectivity index (χ3v) is 4.11. The molecule has 12 heavy (non-hydrogen) atoms. The van der Waals surface area contributed by atoms with Gasteiger partial charge in [-0.1, -0.05) is 0 Å². The van der Waals surface area contributed by atoms with Gasteiger partial charge in [-0.25, -0.2) is 18.8 Å². The molecule has 1 heterocycles. The molecule has 0 aromatic carbocycles. The van der Waals surface area contributed by atoms with Crippen molar-refractivity contribution in [2.24, 2.45) is 0 Å². The molecule has 0 spiro atoms. The smallest absolute Gasteiger partial charge is 0.249 e. The lowest BCUT2D eigenvalue weighted by Gasteiger charge is -2.01. The minimum absolute atomic E-state index is 0.247. The maximum absolute atomic E-state index is 11.3. The summed E-state index contributed by atoms with van der Waals surface area (Å²) < 4.78 is 22.9. The highest BCUT2D eigenvalue weighted by molar-refractivity contribution is 7.91. The van der Waals surface area contributed by atoms with Crippen LogP contribution in [-0.2, 0) is 10.0 Å². The molecule has 1 rings (SSSR count). The maximum Gasteiger partial charge on any atom is 0.264 e. The van der Waals surface area contributed by atoms with Crippen LogP contribution in [0, 0.1) is 6.92 Å². The molecule has 0 atom stereocenters. The Morgan fingerprint density at radius 3 is 2.67 bits per heavy atom. The number of nitrogens with zero attached hydrogens (tertiary/aromatic N) is 1. The van der Waals surface area contributed by atoms with Gasteiger partial charge in [0.1, 0.15) is 0 Å². The van der Waals surface area contributed by atoms with Gasteiger partial charge in [0.15, 0.2) is 4.21 Å². The van der Waals surface area contributed by atoms with Crippen molar-refractivity contribution in [3.05, 3.63) is 11.2 Å². The van der Waals surface area contributed by atoms with E-state index in [1.165, 1.54) is 12.6 Å². The van der Waals surface area contributed by atoms with Crippen molar-refractivity contribution < 1.29 is 8.42 Å². The van der Waals surface area contributed by atoms with Crippen LogP contribution in [-0.4, -0.2) is 20.4 Å². The zero-order valence-electron chi connectivity index (χ0n) is 6.66. The third kappa shape index (κ3) is 1.81. The first kappa shape index (κ1) is 9.59. The number of aryl methyl sites for hydroxylation is 1. The first-order valence-electron chi connectivity index (χ1n) is 3.16. The van der Waals surface area contributed by atoms with Crippen LogP contribution in [0.4, 0.5) is 0 Å². The van der Waals surface area contributed by atoms with Crippen LogP contribution >= 0.6 is 11.3 Å². The lowest BCUT2D eigenvalue weighted by atomic mass is 10.6. The molecule has 0 aliphatic heterocycles. The van der Waals surface area contributed by atoms with E-state index in [1.54, 1.807) is 6.92 Å². The molecular formula is C5H9N3O2S2. The summed E-state index contributed by atoms with van der Waals surface area (Å²) in [5.41, 5.74) is 4.38. The average Bonchev–Trinajstić information content (AvgIpc) is 2.35. The fourth-order valence-electron chi connectivity index (χ4n) is 0.730. The molecule has 0 aliphatic rings. The molecule has 1 aromatic rings. The van der Waals surface area contributed by atoms with Crippen LogP contribution in [0.5, 0.6) is 0 Å². The Hall–Kier alpha value is -0.500. The van der Waals surface area contributed by atoms with Gasteiger partial charge in [-0.15, -0.1) is 16.2 Å². The summed E-state index contributed by atoms with van der Waals surface area (Å²) in [5.74, 6) is 0. The molecule has 7 heteroatoms. The van der Waals surface area contributed by atoms with Crippen LogP contribution in [0.2, 0.25) is 0 Å². The largest absolute Gasteiger partial charge is 0.264 e. The van der Waals surface area contributed by atoms with Crippen LogP contribution in [0.15, 0.2) is 9.72 Å². The summed E-state index contributed by atoms with van der Waals surface area (Å²) in [6.45, 7) is 1.65. The number of hydrogen-bond acceptors (Lipinski definition) is 5. The van der Waals surface area contributed by atoms with Gasteiger partial charge in [-0.3, -0.25) is 0 Å². The summed E-state index contributed by atoms with van der Waals surface area (Å²) in [6.07, 6.45) is 0. The summed E-state index contributed by atoms with van der Waals surface area (Å²) >= 11 is 1.09. The van der Waals surface area contributed by atoms with Gasteiger partial charge in [0.05, 0.1) is 11.2 Å². The maximum atomic E-state index is 11.3. The predicted molar refractivity (Wildman–Crippen MR) is 46.2 cm³/mol. The van der Waals surface area contributed by atoms with Crippen molar-refractivity contribution in [1.29, 1.82) is 0 Å². The molecule has 1 aromatic heterocycles. The van der Waals surface area contributed by atoms with E-state index < -0.39 is 10.0 Å². The van der Waals surface area contributed by atoms with Gasteiger partial charge in [0, 0.05) is 0 Å². The van der Waals surface area contributed by atoms with Gasteiger partial charge in [-0.2, -0.15) is 0 Å². The normalized spacial score (nSPS) is 11.8. The highest BCUT2D eigenvalue weighted by atomic mass is 32.2. The molecule has 0 amide bonds. The Balaban J connectivity index is 3.06. The molecule has 0 bridgehead atoms. The minimum Gasteiger partial charge on any atom is -0.249 e. The van der Waals surface area contributed by atoms with Crippen LogP contribution in [0.25, 0.3) is 0 Å². The average molecular weight is 207 g/mol. The molecule has 0 saturated carbocycles. The Kier molecular flexibility index (Phi) is 2.78. The van der Waals surface area contributed by atoms with Gasteiger partial charge in [-0.05, 0) is 14.0 Å². The summed E-state index contributed by atoms with van der Waals surface area (Å²) in [6, 6.07) is 0. The standard InChI is InChI=1S/C5H9N3O2S2/c1-4-5(11-3-7-4)12(9,10)8-6-2/h3,6,8H,1-2H3. The van der Waals surface area contributed by atoms with Crippen molar-refractivity contribution in [1.82, 2.24) is 15.2 Å². The molecule has 2 N–H and O–H groups in total. The third-order valence-electron chi connectivity index (χ3n) is 1.18. The SMILES string of the molecule is CNNS(=O)(=O)c1scnc1C. The molecular weight excluding hydrogens is 198 g/mol. The van der Waals surface area contributed by atoms with E-state index in [1.807, 2.05) is 0 Å². The summed E-state index contributed by atoms with van der Waals surface area (Å²) in [7, 11) is -1.91. The second-order valence-electron chi connectivity index (χ2n) is 2.08. The lowest BCUT2D eigenvalue weighted by Crippen LogP contribution is -2.34. The number of aromatic nitrogens is 1. The molecule has 0 aliphatic carbocycles. The molecule has 0 unspecified atom stereocenters. The number of nitrogens with one attached hydrogen (secondary N) is 2. The molecule has 68 valence electrons. The summed E-state index contributed by atoms with van der Waals surface area (Å²) in [5, 5.41) is 0. The Morgan fingerprint density at radius 1 is 1.58 bits per heavy atom. The van der Waals surface area contributed by atoms with Crippen molar-refractivity contribution in [3.63, 3.8) is 0 Å². The van der Waals surface area contributed by atoms with E-state index in [2.05, 4.69) is 15.2 Å². The van der Waals surface area contributed by atoms with Crippen molar-refractivity contribution in [3.8, 4) is 0 Å². The van der Waals surface area contributed by atoms with E-state index in [0.717, 1.165) is 11.3 Å². The van der Waals surface area contributed by atoms with Crippen molar-refractivity contribution in [2.45, 2.75) is 11.1 Å². The second kappa shape index (κ2) is 3.48. The van der Waals surface area contributed by atoms with Crippen LogP contribution in [0.3, 0.4) is 0 Å². The Morgan fingerprint density at radius 2 is 2.25 bits per heavy atom. The fraction of sp³-hybridized carbons (Fsp3) is 0.400. The van der Waals surface area contributed by atoms with Gasteiger partial charge >= 0.3 is 0 Å². The van der Waals surface area contributed by atoms with E-state index in [0.29, 0.717) is 5.69 Å². The lowest BCUT2D eigenvalue weighted by molar-refractivity contribution is 0.572.